The van der Waals surface area contributed by atoms with Crippen molar-refractivity contribution >= 4 is 11.8 Å². The minimum atomic E-state index is -0.171. The van der Waals surface area contributed by atoms with E-state index >= 15 is 0 Å². The number of nitrogens with two attached hydrogens (primary N) is 1. The predicted molar refractivity (Wildman–Crippen MR) is 61.6 cm³/mol. The number of thioether (sulfide) groups is 1. The summed E-state index contributed by atoms with van der Waals surface area (Å²) in [6.07, 6.45) is 0.860. The molecule has 2 rings (SSSR count). The number of hydrogen-bond donors (Lipinski definition) is 2. The first kappa shape index (κ1) is 11.7. The van der Waals surface area contributed by atoms with Crippen LogP contribution in [0, 0.1) is 0 Å². The Morgan fingerprint density at radius 3 is 3.25 bits per heavy atom. The van der Waals surface area contributed by atoms with E-state index < -0.39 is 0 Å². The van der Waals surface area contributed by atoms with Crippen molar-refractivity contribution in [3.63, 3.8) is 0 Å². The molecule has 2 heterocycles. The minimum absolute atomic E-state index is 0.107. The lowest BCUT2D eigenvalue weighted by atomic mass is 10.1. The van der Waals surface area contributed by atoms with Crippen LogP contribution in [0.25, 0.3) is 0 Å². The maximum Gasteiger partial charge on any atom is 0.343 e. The molecule has 0 aromatic carbocycles. The lowest BCUT2D eigenvalue weighted by molar-refractivity contribution is 0.0915. The lowest BCUT2D eigenvalue weighted by Gasteiger charge is -2.27. The SMILES string of the molecule is CCn1c(SC2COCCC2N)n[nH]c1=O. The molecule has 3 N–H and O–H groups in total. The van der Waals surface area contributed by atoms with Crippen LogP contribution in [0.4, 0.5) is 0 Å². The second-order valence-electron chi connectivity index (χ2n) is 3.74. The van der Waals surface area contributed by atoms with Crippen LogP contribution in [-0.2, 0) is 11.3 Å². The summed E-state index contributed by atoms with van der Waals surface area (Å²) in [7, 11) is 0. The smallest absolute Gasteiger partial charge is 0.343 e. The number of aromatic nitrogens is 3. The van der Waals surface area contributed by atoms with E-state index in [0.717, 1.165) is 13.0 Å². The fourth-order valence-electron chi connectivity index (χ4n) is 1.66. The van der Waals surface area contributed by atoms with Gasteiger partial charge in [-0.3, -0.25) is 4.57 Å². The van der Waals surface area contributed by atoms with Crippen LogP contribution < -0.4 is 11.4 Å². The Morgan fingerprint density at radius 2 is 2.56 bits per heavy atom. The molecule has 0 bridgehead atoms. The van der Waals surface area contributed by atoms with Crippen molar-refractivity contribution < 1.29 is 4.74 Å². The summed E-state index contributed by atoms with van der Waals surface area (Å²) in [5.74, 6) is 0. The molecular weight excluding hydrogens is 228 g/mol. The van der Waals surface area contributed by atoms with Crippen LogP contribution in [0.1, 0.15) is 13.3 Å². The van der Waals surface area contributed by atoms with Gasteiger partial charge in [0.2, 0.25) is 0 Å². The fraction of sp³-hybridized carbons (Fsp3) is 0.778. The maximum absolute atomic E-state index is 11.4. The van der Waals surface area contributed by atoms with Gasteiger partial charge in [0, 0.05) is 19.2 Å². The summed E-state index contributed by atoms with van der Waals surface area (Å²) >= 11 is 1.52. The molecule has 0 spiro atoms. The number of hydrogen-bond acceptors (Lipinski definition) is 5. The summed E-state index contributed by atoms with van der Waals surface area (Å²) in [6.45, 7) is 3.87. The van der Waals surface area contributed by atoms with Crippen LogP contribution >= 0.6 is 11.8 Å². The van der Waals surface area contributed by atoms with Crippen molar-refractivity contribution in [1.29, 1.82) is 0 Å². The zero-order valence-corrected chi connectivity index (χ0v) is 10.00. The van der Waals surface area contributed by atoms with Gasteiger partial charge in [-0.05, 0) is 13.3 Å². The van der Waals surface area contributed by atoms with Crippen molar-refractivity contribution in [2.75, 3.05) is 13.2 Å². The first-order valence-electron chi connectivity index (χ1n) is 5.37. The van der Waals surface area contributed by atoms with Crippen LogP contribution in [0.3, 0.4) is 0 Å². The molecule has 7 heteroatoms. The molecule has 90 valence electrons. The van der Waals surface area contributed by atoms with E-state index in [1.807, 2.05) is 6.92 Å². The Morgan fingerprint density at radius 1 is 1.75 bits per heavy atom. The molecule has 1 saturated heterocycles. The van der Waals surface area contributed by atoms with Crippen molar-refractivity contribution in [2.45, 2.75) is 36.3 Å². The number of rotatable bonds is 3. The van der Waals surface area contributed by atoms with E-state index in [-0.39, 0.29) is 17.0 Å². The van der Waals surface area contributed by atoms with Gasteiger partial charge in [0.25, 0.3) is 0 Å². The van der Waals surface area contributed by atoms with Crippen LogP contribution in [0.2, 0.25) is 0 Å². The lowest BCUT2D eigenvalue weighted by Crippen LogP contribution is -2.41. The molecule has 2 atom stereocenters. The van der Waals surface area contributed by atoms with E-state index in [2.05, 4.69) is 10.2 Å². The van der Waals surface area contributed by atoms with Gasteiger partial charge in [0.15, 0.2) is 5.16 Å². The molecule has 0 aliphatic carbocycles. The number of nitrogens with one attached hydrogen (secondary N) is 1. The molecular formula is C9H16N4O2S. The van der Waals surface area contributed by atoms with Crippen LogP contribution in [0.5, 0.6) is 0 Å². The highest BCUT2D eigenvalue weighted by Gasteiger charge is 2.25. The van der Waals surface area contributed by atoms with Crippen molar-refractivity contribution in [3.8, 4) is 0 Å². The highest BCUT2D eigenvalue weighted by molar-refractivity contribution is 7.99. The highest BCUT2D eigenvalue weighted by atomic mass is 32.2. The van der Waals surface area contributed by atoms with Gasteiger partial charge >= 0.3 is 5.69 Å². The van der Waals surface area contributed by atoms with Gasteiger partial charge in [-0.25, -0.2) is 9.89 Å². The van der Waals surface area contributed by atoms with Crippen LogP contribution in [-0.4, -0.2) is 39.3 Å². The molecule has 1 aliphatic rings. The number of nitrogens with zero attached hydrogens (tertiary/aromatic N) is 2. The Labute approximate surface area is 97.5 Å². The van der Waals surface area contributed by atoms with Gasteiger partial charge in [0.05, 0.1) is 11.9 Å². The summed E-state index contributed by atoms with van der Waals surface area (Å²) in [6, 6.07) is 0.107. The maximum atomic E-state index is 11.4. The summed E-state index contributed by atoms with van der Waals surface area (Å²) in [4.78, 5) is 11.4. The monoisotopic (exact) mass is 244 g/mol. The number of aromatic amines is 1. The zero-order chi connectivity index (χ0) is 11.5. The number of ether oxygens (including phenoxy) is 1. The summed E-state index contributed by atoms with van der Waals surface area (Å²) in [5.41, 5.74) is 5.83. The Hall–Kier alpha value is -0.790. The fourth-order valence-corrected chi connectivity index (χ4v) is 2.84. The first-order valence-corrected chi connectivity index (χ1v) is 6.25. The van der Waals surface area contributed by atoms with Crippen molar-refractivity contribution in [3.05, 3.63) is 10.5 Å². The van der Waals surface area contributed by atoms with E-state index in [0.29, 0.717) is 18.3 Å². The highest BCUT2D eigenvalue weighted by Crippen LogP contribution is 2.25. The largest absolute Gasteiger partial charge is 0.380 e. The van der Waals surface area contributed by atoms with E-state index in [1.165, 1.54) is 11.8 Å². The molecule has 0 saturated carbocycles. The second kappa shape index (κ2) is 5.03. The first-order chi connectivity index (χ1) is 7.72. The standard InChI is InChI=1S/C9H16N4O2S/c1-2-13-8(14)11-12-9(13)16-7-5-15-4-3-6(7)10/h6-7H,2-5,10H2,1H3,(H,11,14). The summed E-state index contributed by atoms with van der Waals surface area (Å²) in [5, 5.41) is 7.31. The third-order valence-electron chi connectivity index (χ3n) is 2.65. The molecule has 0 amide bonds. The van der Waals surface area contributed by atoms with E-state index in [4.69, 9.17) is 10.5 Å². The average molecular weight is 244 g/mol. The Balaban J connectivity index is 2.10. The van der Waals surface area contributed by atoms with Gasteiger partial charge in [-0.15, -0.1) is 5.10 Å². The van der Waals surface area contributed by atoms with Gasteiger partial charge in [-0.2, -0.15) is 0 Å². The molecule has 1 aliphatic heterocycles. The van der Waals surface area contributed by atoms with Crippen molar-refractivity contribution in [1.82, 2.24) is 14.8 Å². The third kappa shape index (κ3) is 2.31. The quantitative estimate of drug-likeness (QED) is 0.769. The van der Waals surface area contributed by atoms with Crippen molar-refractivity contribution in [2.24, 2.45) is 5.73 Å². The average Bonchev–Trinajstić information content (AvgIpc) is 2.63. The Bertz CT molecular complexity index is 402. The number of H-pyrrole nitrogens is 1. The molecule has 6 nitrogen and oxygen atoms in total. The normalized spacial score (nSPS) is 25.9. The molecule has 1 aromatic rings. The predicted octanol–water partition coefficient (Wildman–Crippen LogP) is -0.200. The zero-order valence-electron chi connectivity index (χ0n) is 9.18. The van der Waals surface area contributed by atoms with Gasteiger partial charge < -0.3 is 10.5 Å². The second-order valence-corrected chi connectivity index (χ2v) is 4.95. The van der Waals surface area contributed by atoms with E-state index in [9.17, 15) is 4.79 Å². The molecule has 1 fully saturated rings. The molecule has 1 aromatic heterocycles. The molecule has 16 heavy (non-hydrogen) atoms. The van der Waals surface area contributed by atoms with Gasteiger partial charge in [-0.1, -0.05) is 11.8 Å². The molecule has 0 radical (unpaired) electrons. The van der Waals surface area contributed by atoms with Gasteiger partial charge in [0.1, 0.15) is 0 Å². The van der Waals surface area contributed by atoms with E-state index in [1.54, 1.807) is 4.57 Å². The third-order valence-corrected chi connectivity index (χ3v) is 3.96. The minimum Gasteiger partial charge on any atom is -0.380 e. The Kier molecular flexibility index (Phi) is 3.67. The topological polar surface area (TPSA) is 85.9 Å². The summed E-state index contributed by atoms with van der Waals surface area (Å²) < 4.78 is 6.98. The molecule has 2 unspecified atom stereocenters. The van der Waals surface area contributed by atoms with Crippen LogP contribution in [0.15, 0.2) is 9.95 Å².